The maximum atomic E-state index is 12.3. The summed E-state index contributed by atoms with van der Waals surface area (Å²) in [6, 6.07) is 3.95. The van der Waals surface area contributed by atoms with Gasteiger partial charge in [0.05, 0.1) is 5.56 Å². The van der Waals surface area contributed by atoms with Crippen LogP contribution in [0.15, 0.2) is 18.3 Å². The van der Waals surface area contributed by atoms with Crippen LogP contribution in [0.25, 0.3) is 0 Å². The van der Waals surface area contributed by atoms with Crippen LogP contribution in [0.3, 0.4) is 0 Å². The number of hydrogen-bond acceptors (Lipinski definition) is 2. The van der Waals surface area contributed by atoms with Gasteiger partial charge in [0.2, 0.25) is 0 Å². The molecular weight excluding hydrogens is 224 g/mol. The van der Waals surface area contributed by atoms with Crippen molar-refractivity contribution in [3.63, 3.8) is 0 Å². The zero-order valence-electron chi connectivity index (χ0n) is 8.90. The summed E-state index contributed by atoms with van der Waals surface area (Å²) in [6.45, 7) is 0.898. The van der Waals surface area contributed by atoms with Crippen LogP contribution in [0, 0.1) is 5.92 Å². The molecule has 4 heteroatoms. The predicted octanol–water partition coefficient (Wildman–Crippen LogP) is 2.36. The number of halogens is 1. The highest BCUT2D eigenvalue weighted by atomic mass is 35.5. The molecule has 2 atom stereocenters. The molecule has 84 valence electrons. The van der Waals surface area contributed by atoms with Crippen molar-refractivity contribution in [3.05, 3.63) is 29.0 Å². The first-order valence-electron chi connectivity index (χ1n) is 5.67. The fourth-order valence-corrected chi connectivity index (χ4v) is 3.07. The molecule has 1 aliphatic carbocycles. The van der Waals surface area contributed by atoms with Crippen molar-refractivity contribution in [2.75, 3.05) is 6.54 Å². The van der Waals surface area contributed by atoms with Crippen molar-refractivity contribution in [1.29, 1.82) is 0 Å². The predicted molar refractivity (Wildman–Crippen MR) is 61.4 cm³/mol. The van der Waals surface area contributed by atoms with Gasteiger partial charge in [-0.2, -0.15) is 0 Å². The zero-order valence-corrected chi connectivity index (χ0v) is 9.65. The van der Waals surface area contributed by atoms with Crippen molar-refractivity contribution in [1.82, 2.24) is 9.88 Å². The Morgan fingerprint density at radius 1 is 1.50 bits per heavy atom. The minimum absolute atomic E-state index is 0.0466. The molecule has 0 N–H and O–H groups in total. The lowest BCUT2D eigenvalue weighted by Crippen LogP contribution is -2.37. The fourth-order valence-electron chi connectivity index (χ4n) is 2.87. The average molecular weight is 237 g/mol. The lowest BCUT2D eigenvalue weighted by Gasteiger charge is -2.27. The van der Waals surface area contributed by atoms with Crippen molar-refractivity contribution in [3.8, 4) is 0 Å². The van der Waals surface area contributed by atoms with Crippen LogP contribution in [-0.4, -0.2) is 28.4 Å². The van der Waals surface area contributed by atoms with E-state index in [1.54, 1.807) is 18.3 Å². The number of pyridine rings is 1. The number of aromatic nitrogens is 1. The van der Waals surface area contributed by atoms with E-state index in [9.17, 15) is 4.79 Å². The SMILES string of the molecule is O=C(c1cccnc1Cl)N1CC2CCC1C2. The van der Waals surface area contributed by atoms with Gasteiger partial charge in [0.25, 0.3) is 5.91 Å². The van der Waals surface area contributed by atoms with E-state index in [2.05, 4.69) is 4.98 Å². The van der Waals surface area contributed by atoms with Gasteiger partial charge in [-0.15, -0.1) is 0 Å². The summed E-state index contributed by atoms with van der Waals surface area (Å²) in [7, 11) is 0. The van der Waals surface area contributed by atoms with Crippen LogP contribution >= 0.6 is 11.6 Å². The van der Waals surface area contributed by atoms with Crippen LogP contribution < -0.4 is 0 Å². The first-order chi connectivity index (χ1) is 7.75. The molecule has 1 saturated carbocycles. The number of nitrogens with zero attached hydrogens (tertiary/aromatic N) is 2. The molecule has 16 heavy (non-hydrogen) atoms. The van der Waals surface area contributed by atoms with Crippen LogP contribution in [0.5, 0.6) is 0 Å². The summed E-state index contributed by atoms with van der Waals surface area (Å²) in [6.07, 6.45) is 5.20. The van der Waals surface area contributed by atoms with E-state index >= 15 is 0 Å². The molecule has 1 aromatic heterocycles. The summed E-state index contributed by atoms with van der Waals surface area (Å²) >= 11 is 5.94. The van der Waals surface area contributed by atoms with Gasteiger partial charge in [0.1, 0.15) is 5.15 Å². The molecule has 1 aromatic rings. The maximum absolute atomic E-state index is 12.3. The molecule has 3 rings (SSSR count). The number of fused-ring (bicyclic) bond motifs is 2. The first-order valence-corrected chi connectivity index (χ1v) is 6.05. The summed E-state index contributed by atoms with van der Waals surface area (Å²) < 4.78 is 0. The topological polar surface area (TPSA) is 33.2 Å². The fraction of sp³-hybridized carbons (Fsp3) is 0.500. The van der Waals surface area contributed by atoms with E-state index in [1.807, 2.05) is 4.90 Å². The Balaban J connectivity index is 1.86. The highest BCUT2D eigenvalue weighted by Crippen LogP contribution is 2.38. The number of piperidine rings is 1. The Bertz CT molecular complexity index is 435. The second-order valence-corrected chi connectivity index (χ2v) is 4.99. The van der Waals surface area contributed by atoms with Crippen LogP contribution in [0.4, 0.5) is 0 Å². The molecular formula is C12H13ClN2O. The third-order valence-corrected chi connectivity index (χ3v) is 3.96. The van der Waals surface area contributed by atoms with Crippen molar-refractivity contribution in [2.45, 2.75) is 25.3 Å². The number of carbonyl (C=O) groups excluding carboxylic acids is 1. The average Bonchev–Trinajstić information content (AvgIpc) is 2.90. The maximum Gasteiger partial charge on any atom is 0.257 e. The van der Waals surface area contributed by atoms with Crippen molar-refractivity contribution in [2.24, 2.45) is 5.92 Å². The molecule has 1 amide bonds. The molecule has 2 heterocycles. The molecule has 1 aliphatic heterocycles. The molecule has 0 aromatic carbocycles. The van der Waals surface area contributed by atoms with Gasteiger partial charge in [0.15, 0.2) is 0 Å². The number of amides is 1. The Labute approximate surface area is 99.4 Å². The van der Waals surface area contributed by atoms with E-state index in [0.29, 0.717) is 22.7 Å². The lowest BCUT2D eigenvalue weighted by atomic mass is 10.1. The lowest BCUT2D eigenvalue weighted by molar-refractivity contribution is 0.0703. The number of carbonyl (C=O) groups is 1. The van der Waals surface area contributed by atoms with Crippen molar-refractivity contribution < 1.29 is 4.79 Å². The first kappa shape index (κ1) is 10.1. The minimum Gasteiger partial charge on any atom is -0.335 e. The normalized spacial score (nSPS) is 27.4. The van der Waals surface area contributed by atoms with Gasteiger partial charge in [-0.3, -0.25) is 4.79 Å². The smallest absolute Gasteiger partial charge is 0.257 e. The second-order valence-electron chi connectivity index (χ2n) is 4.63. The Hall–Kier alpha value is -1.09. The molecule has 0 radical (unpaired) electrons. The number of hydrogen-bond donors (Lipinski definition) is 0. The molecule has 2 bridgehead atoms. The second kappa shape index (κ2) is 3.74. The molecule has 3 nitrogen and oxygen atoms in total. The largest absolute Gasteiger partial charge is 0.335 e. The zero-order chi connectivity index (χ0) is 11.1. The number of likely N-dealkylation sites (tertiary alicyclic amines) is 1. The summed E-state index contributed by atoms with van der Waals surface area (Å²) in [5, 5.41) is 0.315. The van der Waals surface area contributed by atoms with Crippen molar-refractivity contribution >= 4 is 17.5 Å². The standard InChI is InChI=1S/C12H13ClN2O/c13-11-10(2-1-5-14-11)12(16)15-7-8-3-4-9(15)6-8/h1-2,5,8-9H,3-4,6-7H2. The highest BCUT2D eigenvalue weighted by Gasteiger charge is 2.40. The van der Waals surface area contributed by atoms with Gasteiger partial charge < -0.3 is 4.90 Å². The van der Waals surface area contributed by atoms with Gasteiger partial charge >= 0.3 is 0 Å². The van der Waals surface area contributed by atoms with Crippen LogP contribution in [0.1, 0.15) is 29.6 Å². The Kier molecular flexibility index (Phi) is 2.36. The third kappa shape index (κ3) is 1.50. The Morgan fingerprint density at radius 3 is 3.00 bits per heavy atom. The monoisotopic (exact) mass is 236 g/mol. The third-order valence-electron chi connectivity index (χ3n) is 3.66. The van der Waals surface area contributed by atoms with E-state index in [-0.39, 0.29) is 5.91 Å². The minimum atomic E-state index is 0.0466. The molecule has 2 aliphatic rings. The van der Waals surface area contributed by atoms with E-state index < -0.39 is 0 Å². The molecule has 2 unspecified atom stereocenters. The summed E-state index contributed by atoms with van der Waals surface area (Å²) in [5.41, 5.74) is 0.539. The molecule has 0 spiro atoms. The Morgan fingerprint density at radius 2 is 2.38 bits per heavy atom. The quantitative estimate of drug-likeness (QED) is 0.702. The van der Waals surface area contributed by atoms with Crippen LogP contribution in [0.2, 0.25) is 5.15 Å². The van der Waals surface area contributed by atoms with Gasteiger partial charge in [-0.1, -0.05) is 11.6 Å². The summed E-state index contributed by atoms with van der Waals surface area (Å²) in [5.74, 6) is 0.759. The molecule has 1 saturated heterocycles. The van der Waals surface area contributed by atoms with E-state index in [4.69, 9.17) is 11.6 Å². The number of rotatable bonds is 1. The molecule has 2 fully saturated rings. The highest BCUT2D eigenvalue weighted by molar-refractivity contribution is 6.32. The van der Waals surface area contributed by atoms with Gasteiger partial charge in [-0.05, 0) is 37.3 Å². The van der Waals surface area contributed by atoms with Gasteiger partial charge in [0, 0.05) is 18.8 Å². The van der Waals surface area contributed by atoms with E-state index in [1.165, 1.54) is 12.8 Å². The van der Waals surface area contributed by atoms with E-state index in [0.717, 1.165) is 13.0 Å². The van der Waals surface area contributed by atoms with Crippen LogP contribution in [-0.2, 0) is 0 Å². The van der Waals surface area contributed by atoms with Gasteiger partial charge in [-0.25, -0.2) is 4.98 Å². The summed E-state index contributed by atoms with van der Waals surface area (Å²) in [4.78, 5) is 18.2.